The summed E-state index contributed by atoms with van der Waals surface area (Å²) in [6.07, 6.45) is 13.6. The molecule has 1 heterocycles. The highest BCUT2D eigenvalue weighted by atomic mass is 16.4. The van der Waals surface area contributed by atoms with Crippen LogP contribution in [0.3, 0.4) is 0 Å². The molecule has 1 saturated heterocycles. The summed E-state index contributed by atoms with van der Waals surface area (Å²) in [6.45, 7) is 2.36. The van der Waals surface area contributed by atoms with E-state index >= 15 is 0 Å². The Morgan fingerprint density at radius 2 is 1.84 bits per heavy atom. The molecular weight excluding hydrogens is 238 g/mol. The molecular formula is C16H29NO2. The Morgan fingerprint density at radius 3 is 2.58 bits per heavy atom. The predicted molar refractivity (Wildman–Crippen MR) is 77.3 cm³/mol. The third-order valence-corrected chi connectivity index (χ3v) is 4.92. The second-order valence-electron chi connectivity index (χ2n) is 6.42. The van der Waals surface area contributed by atoms with Crippen molar-refractivity contribution < 1.29 is 9.90 Å². The van der Waals surface area contributed by atoms with Crippen LogP contribution in [0.5, 0.6) is 0 Å². The van der Waals surface area contributed by atoms with Crippen molar-refractivity contribution in [2.75, 3.05) is 13.1 Å². The van der Waals surface area contributed by atoms with Gasteiger partial charge in [-0.25, -0.2) is 0 Å². The first-order valence-corrected chi connectivity index (χ1v) is 8.21. The van der Waals surface area contributed by atoms with E-state index in [9.17, 15) is 4.79 Å². The lowest BCUT2D eigenvalue weighted by molar-refractivity contribution is -0.137. The number of carboxylic acids is 1. The largest absolute Gasteiger partial charge is 0.481 e. The van der Waals surface area contributed by atoms with Crippen molar-refractivity contribution in [2.24, 2.45) is 5.92 Å². The fourth-order valence-electron chi connectivity index (χ4n) is 3.86. The Balaban J connectivity index is 1.66. The Bertz CT molecular complexity index is 274. The Morgan fingerprint density at radius 1 is 1.05 bits per heavy atom. The molecule has 1 unspecified atom stereocenters. The van der Waals surface area contributed by atoms with E-state index in [2.05, 4.69) is 4.90 Å². The smallest absolute Gasteiger partial charge is 0.303 e. The van der Waals surface area contributed by atoms with Crippen LogP contribution in [0.25, 0.3) is 0 Å². The van der Waals surface area contributed by atoms with E-state index in [0.29, 0.717) is 6.42 Å². The molecule has 0 amide bonds. The summed E-state index contributed by atoms with van der Waals surface area (Å²) in [5.74, 6) is 0.318. The summed E-state index contributed by atoms with van der Waals surface area (Å²) in [7, 11) is 0. The fourth-order valence-corrected chi connectivity index (χ4v) is 3.86. The molecule has 0 aromatic carbocycles. The second kappa shape index (κ2) is 7.88. The van der Waals surface area contributed by atoms with E-state index < -0.39 is 5.97 Å². The molecule has 0 spiro atoms. The van der Waals surface area contributed by atoms with Crippen molar-refractivity contribution in [3.05, 3.63) is 0 Å². The zero-order chi connectivity index (χ0) is 13.5. The van der Waals surface area contributed by atoms with Crippen LogP contribution in [0.1, 0.15) is 70.6 Å². The molecule has 0 aromatic heterocycles. The first-order chi connectivity index (χ1) is 9.25. The van der Waals surface area contributed by atoms with Gasteiger partial charge in [0.25, 0.3) is 0 Å². The molecule has 1 saturated carbocycles. The van der Waals surface area contributed by atoms with E-state index in [4.69, 9.17) is 5.11 Å². The standard InChI is InChI=1S/C16H29NO2/c18-16(19)10-4-5-11-17-12-6-9-15(17)13-14-7-2-1-3-8-14/h14-15H,1-13H2,(H,18,19). The molecule has 0 aromatic rings. The van der Waals surface area contributed by atoms with Crippen LogP contribution >= 0.6 is 0 Å². The molecule has 2 aliphatic rings. The van der Waals surface area contributed by atoms with Gasteiger partial charge in [0.2, 0.25) is 0 Å². The molecule has 110 valence electrons. The molecule has 1 aliphatic carbocycles. The van der Waals surface area contributed by atoms with Crippen molar-refractivity contribution in [3.8, 4) is 0 Å². The molecule has 0 radical (unpaired) electrons. The molecule has 0 bridgehead atoms. The monoisotopic (exact) mass is 267 g/mol. The zero-order valence-corrected chi connectivity index (χ0v) is 12.1. The SMILES string of the molecule is O=C(O)CCCCN1CCCC1CC1CCCCC1. The minimum atomic E-state index is -0.653. The molecule has 2 rings (SSSR count). The summed E-state index contributed by atoms with van der Waals surface area (Å²) >= 11 is 0. The third kappa shape index (κ3) is 5.13. The highest BCUT2D eigenvalue weighted by Crippen LogP contribution is 2.32. The molecule has 1 atom stereocenters. The average molecular weight is 267 g/mol. The summed E-state index contributed by atoms with van der Waals surface area (Å²) in [4.78, 5) is 13.1. The quantitative estimate of drug-likeness (QED) is 0.715. The van der Waals surface area contributed by atoms with Crippen LogP contribution in [-0.2, 0) is 4.79 Å². The maximum Gasteiger partial charge on any atom is 0.303 e. The van der Waals surface area contributed by atoms with Gasteiger partial charge >= 0.3 is 5.97 Å². The highest BCUT2D eigenvalue weighted by Gasteiger charge is 2.27. The number of unbranched alkanes of at least 4 members (excludes halogenated alkanes) is 1. The lowest BCUT2D eigenvalue weighted by Gasteiger charge is -2.30. The summed E-state index contributed by atoms with van der Waals surface area (Å²) in [5.41, 5.74) is 0. The summed E-state index contributed by atoms with van der Waals surface area (Å²) in [5, 5.41) is 8.66. The molecule has 19 heavy (non-hydrogen) atoms. The average Bonchev–Trinajstić information content (AvgIpc) is 2.83. The number of hydrogen-bond donors (Lipinski definition) is 1. The van der Waals surface area contributed by atoms with Crippen LogP contribution in [0.15, 0.2) is 0 Å². The van der Waals surface area contributed by atoms with Crippen molar-refractivity contribution >= 4 is 5.97 Å². The summed E-state index contributed by atoms with van der Waals surface area (Å²) in [6, 6.07) is 0.799. The fraction of sp³-hybridized carbons (Fsp3) is 0.938. The van der Waals surface area contributed by atoms with Crippen molar-refractivity contribution in [1.82, 2.24) is 4.90 Å². The van der Waals surface area contributed by atoms with Crippen molar-refractivity contribution in [3.63, 3.8) is 0 Å². The van der Waals surface area contributed by atoms with E-state index in [1.807, 2.05) is 0 Å². The number of rotatable bonds is 7. The van der Waals surface area contributed by atoms with Crippen LogP contribution in [0, 0.1) is 5.92 Å². The van der Waals surface area contributed by atoms with Gasteiger partial charge in [0.15, 0.2) is 0 Å². The Kier molecular flexibility index (Phi) is 6.15. The van der Waals surface area contributed by atoms with Crippen LogP contribution in [-0.4, -0.2) is 35.1 Å². The third-order valence-electron chi connectivity index (χ3n) is 4.92. The van der Waals surface area contributed by atoms with Gasteiger partial charge in [0.1, 0.15) is 0 Å². The van der Waals surface area contributed by atoms with Gasteiger partial charge in [-0.2, -0.15) is 0 Å². The number of aliphatic carboxylic acids is 1. The van der Waals surface area contributed by atoms with Gasteiger partial charge < -0.3 is 10.0 Å². The molecule has 1 N–H and O–H groups in total. The molecule has 3 nitrogen and oxygen atoms in total. The number of hydrogen-bond acceptors (Lipinski definition) is 2. The lowest BCUT2D eigenvalue weighted by Crippen LogP contribution is -2.32. The van der Waals surface area contributed by atoms with E-state index in [0.717, 1.165) is 31.3 Å². The van der Waals surface area contributed by atoms with Crippen molar-refractivity contribution in [1.29, 1.82) is 0 Å². The van der Waals surface area contributed by atoms with Gasteiger partial charge in [0, 0.05) is 12.5 Å². The molecule has 1 aliphatic heterocycles. The Labute approximate surface area is 117 Å². The number of carbonyl (C=O) groups is 1. The van der Waals surface area contributed by atoms with E-state index in [1.54, 1.807) is 0 Å². The normalized spacial score (nSPS) is 25.8. The van der Waals surface area contributed by atoms with Gasteiger partial charge in [0.05, 0.1) is 0 Å². The van der Waals surface area contributed by atoms with Crippen LogP contribution in [0.4, 0.5) is 0 Å². The van der Waals surface area contributed by atoms with Gasteiger partial charge in [-0.15, -0.1) is 0 Å². The lowest BCUT2D eigenvalue weighted by atomic mass is 9.84. The maximum atomic E-state index is 10.5. The topological polar surface area (TPSA) is 40.5 Å². The van der Waals surface area contributed by atoms with Crippen LogP contribution in [0.2, 0.25) is 0 Å². The number of likely N-dealkylation sites (tertiary alicyclic amines) is 1. The van der Waals surface area contributed by atoms with Gasteiger partial charge in [-0.1, -0.05) is 32.1 Å². The minimum absolute atomic E-state index is 0.334. The Hall–Kier alpha value is -0.570. The number of carboxylic acid groups (broad SMARTS) is 1. The minimum Gasteiger partial charge on any atom is -0.481 e. The van der Waals surface area contributed by atoms with Gasteiger partial charge in [-0.3, -0.25) is 4.79 Å². The molecule has 3 heteroatoms. The maximum absolute atomic E-state index is 10.5. The number of nitrogens with zero attached hydrogens (tertiary/aromatic N) is 1. The van der Waals surface area contributed by atoms with E-state index in [1.165, 1.54) is 57.9 Å². The second-order valence-corrected chi connectivity index (χ2v) is 6.42. The van der Waals surface area contributed by atoms with E-state index in [-0.39, 0.29) is 0 Å². The summed E-state index contributed by atoms with van der Waals surface area (Å²) < 4.78 is 0. The predicted octanol–water partition coefficient (Wildman–Crippen LogP) is 3.68. The van der Waals surface area contributed by atoms with Gasteiger partial charge in [-0.05, 0) is 51.1 Å². The van der Waals surface area contributed by atoms with Crippen molar-refractivity contribution in [2.45, 2.75) is 76.7 Å². The first kappa shape index (κ1) is 14.8. The molecule has 2 fully saturated rings. The zero-order valence-electron chi connectivity index (χ0n) is 12.1. The van der Waals surface area contributed by atoms with Crippen LogP contribution < -0.4 is 0 Å². The first-order valence-electron chi connectivity index (χ1n) is 8.21. The highest BCUT2D eigenvalue weighted by molar-refractivity contribution is 5.66.